The van der Waals surface area contributed by atoms with Gasteiger partial charge in [0.2, 0.25) is 0 Å². The highest BCUT2D eigenvalue weighted by Gasteiger charge is 2.19. The fraction of sp³-hybridized carbons (Fsp3) is 0.432. The molecule has 230 valence electrons. The molecule has 0 aliphatic heterocycles. The van der Waals surface area contributed by atoms with E-state index in [2.05, 4.69) is 27.7 Å². The van der Waals surface area contributed by atoms with Gasteiger partial charge in [0.05, 0.1) is 12.2 Å². The molecule has 0 fully saturated rings. The molecule has 0 bridgehead atoms. The van der Waals surface area contributed by atoms with Gasteiger partial charge in [0, 0.05) is 25.1 Å². The van der Waals surface area contributed by atoms with Crippen LogP contribution in [0.4, 0.5) is 0 Å². The number of benzene rings is 3. The van der Waals surface area contributed by atoms with Crippen molar-refractivity contribution in [2.45, 2.75) is 91.5 Å². The van der Waals surface area contributed by atoms with Crippen LogP contribution in [0.25, 0.3) is 0 Å². The molecule has 0 aromatic heterocycles. The second-order valence-corrected chi connectivity index (χ2v) is 12.2. The standard InChI is InChI=1S/C37H47NO5/c1-6-7-8-9-10-26-42-33-23-17-31(18-24-33)36(41)43-34-21-13-29(14-22-34)27-38(25-11-12-28(2)39)35(40)30-15-19-32(20-16-30)37(3,4)5/h13-24H,6-12,25-27H2,1-5H3. The number of carbonyl (C=O) groups is 3. The van der Waals surface area contributed by atoms with Crippen molar-refractivity contribution in [3.63, 3.8) is 0 Å². The number of unbranched alkanes of at least 4 members (excludes halogenated alkanes) is 4. The molecule has 3 aromatic carbocycles. The summed E-state index contributed by atoms with van der Waals surface area (Å²) in [6, 6.07) is 21.9. The summed E-state index contributed by atoms with van der Waals surface area (Å²) in [6.07, 6.45) is 6.92. The van der Waals surface area contributed by atoms with Crippen LogP contribution in [0.5, 0.6) is 11.5 Å². The Kier molecular flexibility index (Phi) is 13.0. The van der Waals surface area contributed by atoms with Gasteiger partial charge in [-0.05, 0) is 84.8 Å². The van der Waals surface area contributed by atoms with Crippen LogP contribution in [-0.2, 0) is 16.8 Å². The van der Waals surface area contributed by atoms with Gasteiger partial charge in [0.15, 0.2) is 0 Å². The Morgan fingerprint density at radius 3 is 1.93 bits per heavy atom. The van der Waals surface area contributed by atoms with E-state index in [0.29, 0.717) is 49.4 Å². The number of ether oxygens (including phenoxy) is 2. The second-order valence-electron chi connectivity index (χ2n) is 12.2. The molecular formula is C37H47NO5. The summed E-state index contributed by atoms with van der Waals surface area (Å²) in [5, 5.41) is 0. The lowest BCUT2D eigenvalue weighted by atomic mass is 9.86. The van der Waals surface area contributed by atoms with E-state index in [9.17, 15) is 14.4 Å². The minimum Gasteiger partial charge on any atom is -0.494 e. The average molecular weight is 586 g/mol. The molecule has 0 radical (unpaired) electrons. The predicted octanol–water partition coefficient (Wildman–Crippen LogP) is 8.56. The Morgan fingerprint density at radius 1 is 0.721 bits per heavy atom. The molecule has 0 atom stereocenters. The summed E-state index contributed by atoms with van der Waals surface area (Å²) in [5.41, 5.74) is 3.12. The van der Waals surface area contributed by atoms with Gasteiger partial charge >= 0.3 is 5.97 Å². The molecule has 0 saturated heterocycles. The summed E-state index contributed by atoms with van der Waals surface area (Å²) in [4.78, 5) is 39.5. The van der Waals surface area contributed by atoms with Gasteiger partial charge in [0.25, 0.3) is 5.91 Å². The van der Waals surface area contributed by atoms with Crippen LogP contribution < -0.4 is 9.47 Å². The summed E-state index contributed by atoms with van der Waals surface area (Å²) in [7, 11) is 0. The quantitative estimate of drug-likeness (QED) is 0.0956. The number of amides is 1. The number of nitrogens with zero attached hydrogens (tertiary/aromatic N) is 1. The normalized spacial score (nSPS) is 11.2. The summed E-state index contributed by atoms with van der Waals surface area (Å²) < 4.78 is 11.4. The number of ketones is 1. The average Bonchev–Trinajstić information content (AvgIpc) is 2.98. The lowest BCUT2D eigenvalue weighted by Crippen LogP contribution is -2.32. The SMILES string of the molecule is CCCCCCCOc1ccc(C(=O)Oc2ccc(CN(CCCC(C)=O)C(=O)c3ccc(C(C)(C)C)cc3)cc2)cc1. The zero-order chi connectivity index (χ0) is 31.2. The van der Waals surface area contributed by atoms with Crippen LogP contribution in [0.3, 0.4) is 0 Å². The maximum Gasteiger partial charge on any atom is 0.343 e. The fourth-order valence-corrected chi connectivity index (χ4v) is 4.70. The molecule has 43 heavy (non-hydrogen) atoms. The van der Waals surface area contributed by atoms with Gasteiger partial charge in [0.1, 0.15) is 17.3 Å². The lowest BCUT2D eigenvalue weighted by molar-refractivity contribution is -0.117. The van der Waals surface area contributed by atoms with Crippen LogP contribution in [0, 0.1) is 0 Å². The number of rotatable bonds is 16. The second kappa shape index (κ2) is 16.6. The molecule has 3 rings (SSSR count). The van der Waals surface area contributed by atoms with Crippen molar-refractivity contribution in [1.29, 1.82) is 0 Å². The third-order valence-electron chi connectivity index (χ3n) is 7.36. The first-order valence-corrected chi connectivity index (χ1v) is 15.5. The highest BCUT2D eigenvalue weighted by Crippen LogP contribution is 2.23. The first-order chi connectivity index (χ1) is 20.6. The zero-order valence-corrected chi connectivity index (χ0v) is 26.5. The Balaban J connectivity index is 1.59. The number of Topliss-reactive ketones (excluding diaryl/α,β-unsaturated/α-hetero) is 1. The lowest BCUT2D eigenvalue weighted by Gasteiger charge is -2.24. The molecule has 0 N–H and O–H groups in total. The maximum atomic E-state index is 13.5. The van der Waals surface area contributed by atoms with Crippen molar-refractivity contribution >= 4 is 17.7 Å². The molecule has 0 saturated carbocycles. The molecule has 6 nitrogen and oxygen atoms in total. The largest absolute Gasteiger partial charge is 0.494 e. The van der Waals surface area contributed by atoms with Crippen molar-refractivity contribution in [3.8, 4) is 11.5 Å². The van der Waals surface area contributed by atoms with Crippen LogP contribution >= 0.6 is 0 Å². The van der Waals surface area contributed by atoms with E-state index in [1.807, 2.05) is 36.4 Å². The molecule has 0 unspecified atom stereocenters. The Morgan fingerprint density at radius 2 is 1.33 bits per heavy atom. The summed E-state index contributed by atoms with van der Waals surface area (Å²) >= 11 is 0. The first kappa shape index (κ1) is 33.6. The van der Waals surface area contributed by atoms with E-state index in [0.717, 1.165) is 29.7 Å². The van der Waals surface area contributed by atoms with E-state index in [1.54, 1.807) is 48.2 Å². The Bertz CT molecular complexity index is 1310. The van der Waals surface area contributed by atoms with Crippen molar-refractivity contribution in [3.05, 3.63) is 95.1 Å². The minimum atomic E-state index is -0.446. The topological polar surface area (TPSA) is 72.9 Å². The Labute approximate surface area is 257 Å². The van der Waals surface area contributed by atoms with Crippen LogP contribution in [0.2, 0.25) is 0 Å². The molecule has 6 heteroatoms. The van der Waals surface area contributed by atoms with Crippen molar-refractivity contribution < 1.29 is 23.9 Å². The Hall–Kier alpha value is -3.93. The number of carbonyl (C=O) groups excluding carboxylic acids is 3. The summed E-state index contributed by atoms with van der Waals surface area (Å²) in [6.45, 7) is 11.7. The monoisotopic (exact) mass is 585 g/mol. The van der Waals surface area contributed by atoms with Crippen molar-refractivity contribution in [1.82, 2.24) is 4.90 Å². The first-order valence-electron chi connectivity index (χ1n) is 15.5. The summed E-state index contributed by atoms with van der Waals surface area (Å²) in [5.74, 6) is 0.743. The third-order valence-corrected chi connectivity index (χ3v) is 7.36. The van der Waals surface area contributed by atoms with Crippen LogP contribution in [0.1, 0.15) is 111 Å². The van der Waals surface area contributed by atoms with E-state index >= 15 is 0 Å². The van der Waals surface area contributed by atoms with Gasteiger partial charge < -0.3 is 19.2 Å². The van der Waals surface area contributed by atoms with Gasteiger partial charge in [-0.3, -0.25) is 4.79 Å². The van der Waals surface area contributed by atoms with Gasteiger partial charge in [-0.1, -0.05) is 77.6 Å². The molecule has 0 aliphatic carbocycles. The van der Waals surface area contributed by atoms with Gasteiger partial charge in [-0.2, -0.15) is 0 Å². The zero-order valence-electron chi connectivity index (χ0n) is 26.5. The molecule has 1 amide bonds. The highest BCUT2D eigenvalue weighted by molar-refractivity contribution is 5.94. The highest BCUT2D eigenvalue weighted by atomic mass is 16.5. The molecule has 0 spiro atoms. The third kappa shape index (κ3) is 11.3. The van der Waals surface area contributed by atoms with Gasteiger partial charge in [-0.15, -0.1) is 0 Å². The van der Waals surface area contributed by atoms with E-state index in [1.165, 1.54) is 19.3 Å². The maximum absolute atomic E-state index is 13.5. The predicted molar refractivity (Wildman–Crippen MR) is 172 cm³/mol. The van der Waals surface area contributed by atoms with Crippen molar-refractivity contribution in [2.24, 2.45) is 0 Å². The van der Waals surface area contributed by atoms with Crippen molar-refractivity contribution in [2.75, 3.05) is 13.2 Å². The smallest absolute Gasteiger partial charge is 0.343 e. The van der Waals surface area contributed by atoms with Crippen LogP contribution in [-0.4, -0.2) is 35.7 Å². The number of hydrogen-bond donors (Lipinski definition) is 0. The van der Waals surface area contributed by atoms with E-state index in [4.69, 9.17) is 9.47 Å². The van der Waals surface area contributed by atoms with Gasteiger partial charge in [-0.25, -0.2) is 4.79 Å². The van der Waals surface area contributed by atoms with Crippen LogP contribution in [0.15, 0.2) is 72.8 Å². The van der Waals surface area contributed by atoms with E-state index in [-0.39, 0.29) is 17.1 Å². The molecule has 3 aromatic rings. The number of esters is 1. The number of hydrogen-bond acceptors (Lipinski definition) is 5. The van der Waals surface area contributed by atoms with E-state index < -0.39 is 5.97 Å². The molecular weight excluding hydrogens is 538 g/mol. The fourth-order valence-electron chi connectivity index (χ4n) is 4.70. The molecule has 0 aliphatic rings. The molecule has 0 heterocycles. The minimum absolute atomic E-state index is 0.000932.